The van der Waals surface area contributed by atoms with Crippen LogP contribution in [0, 0.1) is 5.92 Å². The molecule has 1 unspecified atom stereocenters. The smallest absolute Gasteiger partial charge is 0.338 e. The van der Waals surface area contributed by atoms with E-state index >= 15 is 0 Å². The van der Waals surface area contributed by atoms with Gasteiger partial charge in [0.25, 0.3) is 0 Å². The van der Waals surface area contributed by atoms with Crippen molar-refractivity contribution >= 4 is 5.97 Å². The van der Waals surface area contributed by atoms with Gasteiger partial charge in [0.05, 0.1) is 18.8 Å². The number of rotatable bonds is 5. The first-order valence-electron chi connectivity index (χ1n) is 4.95. The topological polar surface area (TPSA) is 35.5 Å². The van der Waals surface area contributed by atoms with Gasteiger partial charge >= 0.3 is 5.97 Å². The predicted molar refractivity (Wildman–Crippen MR) is 57.8 cm³/mol. The van der Waals surface area contributed by atoms with Gasteiger partial charge in [0.1, 0.15) is 0 Å². The molecule has 1 aromatic carbocycles. The summed E-state index contributed by atoms with van der Waals surface area (Å²) in [5, 5.41) is 0. The van der Waals surface area contributed by atoms with E-state index in [1.807, 2.05) is 25.1 Å². The quantitative estimate of drug-likeness (QED) is 0.695. The Morgan fingerprint density at radius 1 is 1.27 bits per heavy atom. The molecule has 15 heavy (non-hydrogen) atoms. The molecule has 3 nitrogen and oxygen atoms in total. The monoisotopic (exact) mass is 208 g/mol. The van der Waals surface area contributed by atoms with E-state index in [1.165, 1.54) is 0 Å². The maximum atomic E-state index is 11.5. The first-order chi connectivity index (χ1) is 7.24. The molecule has 1 atom stereocenters. The molecule has 0 saturated carbocycles. The highest BCUT2D eigenvalue weighted by atomic mass is 16.5. The zero-order valence-electron chi connectivity index (χ0n) is 9.10. The zero-order chi connectivity index (χ0) is 11.1. The summed E-state index contributed by atoms with van der Waals surface area (Å²) in [4.78, 5) is 11.5. The maximum absolute atomic E-state index is 11.5. The molecule has 0 aliphatic carbocycles. The Balaban J connectivity index is 2.37. The van der Waals surface area contributed by atoms with Gasteiger partial charge in [-0.3, -0.25) is 0 Å². The molecule has 1 aromatic rings. The third-order valence-electron chi connectivity index (χ3n) is 1.96. The van der Waals surface area contributed by atoms with Crippen LogP contribution in [0.1, 0.15) is 17.3 Å². The van der Waals surface area contributed by atoms with E-state index in [0.717, 1.165) is 0 Å². The summed E-state index contributed by atoms with van der Waals surface area (Å²) in [5.41, 5.74) is 0.585. The van der Waals surface area contributed by atoms with Crippen molar-refractivity contribution in [3.05, 3.63) is 35.9 Å². The van der Waals surface area contributed by atoms with Gasteiger partial charge in [-0.1, -0.05) is 25.1 Å². The number of esters is 1. The highest BCUT2D eigenvalue weighted by Crippen LogP contribution is 2.03. The van der Waals surface area contributed by atoms with Gasteiger partial charge in [0.15, 0.2) is 0 Å². The molecule has 0 amide bonds. The molecule has 1 rings (SSSR count). The summed E-state index contributed by atoms with van der Waals surface area (Å²) in [5.74, 6) is -0.0544. The number of methoxy groups -OCH3 is 1. The lowest BCUT2D eigenvalue weighted by Gasteiger charge is -2.10. The second-order valence-corrected chi connectivity index (χ2v) is 3.53. The molecule has 0 aliphatic heterocycles. The summed E-state index contributed by atoms with van der Waals surface area (Å²) in [6.45, 7) is 2.96. The van der Waals surface area contributed by atoms with Crippen molar-refractivity contribution in [2.45, 2.75) is 6.92 Å². The molecule has 0 heterocycles. The second-order valence-electron chi connectivity index (χ2n) is 3.53. The van der Waals surface area contributed by atoms with Gasteiger partial charge in [-0.2, -0.15) is 0 Å². The van der Waals surface area contributed by atoms with E-state index in [0.29, 0.717) is 18.8 Å². The van der Waals surface area contributed by atoms with Crippen LogP contribution in [0.3, 0.4) is 0 Å². The molecule has 82 valence electrons. The molecule has 0 fully saturated rings. The summed E-state index contributed by atoms with van der Waals surface area (Å²) in [6.07, 6.45) is 0. The third kappa shape index (κ3) is 4.13. The van der Waals surface area contributed by atoms with Crippen LogP contribution in [-0.2, 0) is 9.47 Å². The minimum atomic E-state index is -0.279. The summed E-state index contributed by atoms with van der Waals surface area (Å²) in [6, 6.07) is 8.97. The highest BCUT2D eigenvalue weighted by molar-refractivity contribution is 5.89. The van der Waals surface area contributed by atoms with Crippen LogP contribution in [0.5, 0.6) is 0 Å². The van der Waals surface area contributed by atoms with Gasteiger partial charge in [0.2, 0.25) is 0 Å². The molecule has 0 saturated heterocycles. The molecule has 0 bridgehead atoms. The van der Waals surface area contributed by atoms with Gasteiger partial charge in [-0.05, 0) is 12.1 Å². The second kappa shape index (κ2) is 6.19. The van der Waals surface area contributed by atoms with E-state index in [1.54, 1.807) is 19.2 Å². The lowest BCUT2D eigenvalue weighted by Crippen LogP contribution is -2.15. The van der Waals surface area contributed by atoms with Crippen LogP contribution in [0.15, 0.2) is 30.3 Å². The van der Waals surface area contributed by atoms with Gasteiger partial charge < -0.3 is 9.47 Å². The Morgan fingerprint density at radius 3 is 2.53 bits per heavy atom. The molecular formula is C12H16O3. The fraction of sp³-hybridized carbons (Fsp3) is 0.417. The fourth-order valence-electron chi connectivity index (χ4n) is 1.21. The minimum Gasteiger partial charge on any atom is -0.462 e. The summed E-state index contributed by atoms with van der Waals surface area (Å²) >= 11 is 0. The van der Waals surface area contributed by atoms with Crippen molar-refractivity contribution < 1.29 is 14.3 Å². The fourth-order valence-corrected chi connectivity index (χ4v) is 1.21. The number of hydrogen-bond donors (Lipinski definition) is 0. The number of hydrogen-bond acceptors (Lipinski definition) is 3. The molecule has 3 heteroatoms. The van der Waals surface area contributed by atoms with E-state index in [4.69, 9.17) is 9.47 Å². The lowest BCUT2D eigenvalue weighted by molar-refractivity contribution is 0.0372. The summed E-state index contributed by atoms with van der Waals surface area (Å²) < 4.78 is 10.1. The van der Waals surface area contributed by atoms with Crippen LogP contribution in [0.25, 0.3) is 0 Å². The Hall–Kier alpha value is -1.35. The Bertz CT molecular complexity index is 295. The normalized spacial score (nSPS) is 12.1. The van der Waals surface area contributed by atoms with Crippen LogP contribution >= 0.6 is 0 Å². The summed E-state index contributed by atoms with van der Waals surface area (Å²) in [7, 11) is 1.63. The first-order valence-corrected chi connectivity index (χ1v) is 4.95. The van der Waals surface area contributed by atoms with Gasteiger partial charge in [0, 0.05) is 13.0 Å². The van der Waals surface area contributed by atoms with Gasteiger partial charge in [-0.25, -0.2) is 4.79 Å². The van der Waals surface area contributed by atoms with Gasteiger partial charge in [-0.15, -0.1) is 0 Å². The average molecular weight is 208 g/mol. The van der Waals surface area contributed by atoms with Crippen LogP contribution in [0.2, 0.25) is 0 Å². The number of ether oxygens (including phenoxy) is 2. The zero-order valence-corrected chi connectivity index (χ0v) is 9.10. The van der Waals surface area contributed by atoms with Crippen molar-refractivity contribution in [2.24, 2.45) is 5.92 Å². The van der Waals surface area contributed by atoms with E-state index in [-0.39, 0.29) is 11.9 Å². The van der Waals surface area contributed by atoms with Crippen LogP contribution in [-0.4, -0.2) is 26.3 Å². The number of benzene rings is 1. The Kier molecular flexibility index (Phi) is 4.84. The molecule has 0 aromatic heterocycles. The molecule has 0 spiro atoms. The average Bonchev–Trinajstić information content (AvgIpc) is 2.27. The SMILES string of the molecule is COCC(C)COC(=O)c1ccccc1. The maximum Gasteiger partial charge on any atom is 0.338 e. The lowest BCUT2D eigenvalue weighted by atomic mass is 10.2. The van der Waals surface area contributed by atoms with Crippen LogP contribution < -0.4 is 0 Å². The van der Waals surface area contributed by atoms with E-state index < -0.39 is 0 Å². The predicted octanol–water partition coefficient (Wildman–Crippen LogP) is 2.13. The molecule has 0 aliphatic rings. The molecule has 0 radical (unpaired) electrons. The van der Waals surface area contributed by atoms with Crippen LogP contribution in [0.4, 0.5) is 0 Å². The molecule has 0 N–H and O–H groups in total. The van der Waals surface area contributed by atoms with Crippen molar-refractivity contribution in [2.75, 3.05) is 20.3 Å². The molecular weight excluding hydrogens is 192 g/mol. The largest absolute Gasteiger partial charge is 0.462 e. The van der Waals surface area contributed by atoms with Crippen molar-refractivity contribution in [1.82, 2.24) is 0 Å². The Labute approximate surface area is 90.0 Å². The van der Waals surface area contributed by atoms with E-state index in [9.17, 15) is 4.79 Å². The standard InChI is InChI=1S/C12H16O3/c1-10(8-14-2)9-15-12(13)11-6-4-3-5-7-11/h3-7,10H,8-9H2,1-2H3. The first kappa shape index (κ1) is 11.7. The van der Waals surface area contributed by atoms with Crippen molar-refractivity contribution in [1.29, 1.82) is 0 Å². The Morgan fingerprint density at radius 2 is 1.93 bits per heavy atom. The third-order valence-corrected chi connectivity index (χ3v) is 1.96. The van der Waals surface area contributed by atoms with Crippen molar-refractivity contribution in [3.63, 3.8) is 0 Å². The van der Waals surface area contributed by atoms with E-state index in [2.05, 4.69) is 0 Å². The van der Waals surface area contributed by atoms with Crippen molar-refractivity contribution in [3.8, 4) is 0 Å². The highest BCUT2D eigenvalue weighted by Gasteiger charge is 2.08. The number of carbonyl (C=O) groups excluding carboxylic acids is 1. The minimum absolute atomic E-state index is 0.225. The number of carbonyl (C=O) groups is 1.